The van der Waals surface area contributed by atoms with Crippen LogP contribution in [0, 0.1) is 5.92 Å². The first kappa shape index (κ1) is 12.3. The molecule has 3 N–H and O–H groups in total. The van der Waals surface area contributed by atoms with Gasteiger partial charge in [-0.2, -0.15) is 0 Å². The second-order valence-corrected chi connectivity index (χ2v) is 5.02. The quantitative estimate of drug-likeness (QED) is 0.767. The van der Waals surface area contributed by atoms with Crippen LogP contribution in [0.1, 0.15) is 16.8 Å². The van der Waals surface area contributed by atoms with E-state index in [4.69, 9.17) is 4.74 Å². The van der Waals surface area contributed by atoms with Crippen LogP contribution in [0.15, 0.2) is 18.2 Å². The van der Waals surface area contributed by atoms with Crippen molar-refractivity contribution in [1.29, 1.82) is 0 Å². The van der Waals surface area contributed by atoms with Crippen LogP contribution in [-0.4, -0.2) is 38.8 Å². The van der Waals surface area contributed by atoms with Crippen LogP contribution in [0.2, 0.25) is 0 Å². The third-order valence-corrected chi connectivity index (χ3v) is 3.63. The van der Waals surface area contributed by atoms with Gasteiger partial charge < -0.3 is 20.7 Å². The molecule has 1 unspecified atom stereocenters. The third kappa shape index (κ3) is 2.66. The van der Waals surface area contributed by atoms with Crippen molar-refractivity contribution in [3.63, 3.8) is 0 Å². The van der Waals surface area contributed by atoms with Gasteiger partial charge in [0.25, 0.3) is 5.91 Å². The highest BCUT2D eigenvalue weighted by atomic mass is 16.5. The van der Waals surface area contributed by atoms with E-state index in [0.29, 0.717) is 18.0 Å². The minimum Gasteiger partial charge on any atom is -0.382 e. The van der Waals surface area contributed by atoms with Gasteiger partial charge in [0.15, 0.2) is 0 Å². The largest absolute Gasteiger partial charge is 0.382 e. The molecule has 2 aliphatic heterocycles. The molecule has 5 nitrogen and oxygen atoms in total. The van der Waals surface area contributed by atoms with E-state index >= 15 is 0 Å². The van der Waals surface area contributed by atoms with Gasteiger partial charge in [0, 0.05) is 32.2 Å². The summed E-state index contributed by atoms with van der Waals surface area (Å²) < 4.78 is 5.31. The Hall–Kier alpha value is -1.75. The summed E-state index contributed by atoms with van der Waals surface area (Å²) in [4.78, 5) is 12.3. The van der Waals surface area contributed by atoms with Gasteiger partial charge in [-0.15, -0.1) is 0 Å². The molecular weight excluding hydrogens is 242 g/mol. The van der Waals surface area contributed by atoms with Crippen molar-refractivity contribution in [3.05, 3.63) is 23.8 Å². The molecule has 0 bridgehead atoms. The Labute approximate surface area is 112 Å². The lowest BCUT2D eigenvalue weighted by Crippen LogP contribution is -2.31. The molecule has 0 saturated carbocycles. The Morgan fingerprint density at radius 1 is 1.37 bits per heavy atom. The number of carbonyl (C=O) groups excluding carboxylic acids is 1. The van der Waals surface area contributed by atoms with Crippen LogP contribution in [0.3, 0.4) is 0 Å². The highest BCUT2D eigenvalue weighted by Gasteiger charge is 2.20. The fraction of sp³-hybridized carbons (Fsp3) is 0.500. The van der Waals surface area contributed by atoms with Crippen LogP contribution < -0.4 is 16.0 Å². The van der Waals surface area contributed by atoms with E-state index in [1.807, 2.05) is 18.2 Å². The first-order valence-corrected chi connectivity index (χ1v) is 6.81. The van der Waals surface area contributed by atoms with Crippen LogP contribution >= 0.6 is 0 Å². The fourth-order valence-electron chi connectivity index (χ4n) is 2.54. The van der Waals surface area contributed by atoms with Gasteiger partial charge in [-0.05, 0) is 18.6 Å². The summed E-state index contributed by atoms with van der Waals surface area (Å²) in [5.74, 6) is 0.439. The van der Waals surface area contributed by atoms with E-state index in [-0.39, 0.29) is 5.91 Å². The highest BCUT2D eigenvalue weighted by Crippen LogP contribution is 2.28. The number of benzene rings is 1. The van der Waals surface area contributed by atoms with Crippen LogP contribution in [0.5, 0.6) is 0 Å². The third-order valence-electron chi connectivity index (χ3n) is 3.63. The molecule has 0 radical (unpaired) electrons. The topological polar surface area (TPSA) is 62.4 Å². The van der Waals surface area contributed by atoms with Crippen molar-refractivity contribution in [2.75, 3.05) is 43.5 Å². The van der Waals surface area contributed by atoms with Gasteiger partial charge in [0.1, 0.15) is 0 Å². The summed E-state index contributed by atoms with van der Waals surface area (Å²) >= 11 is 0. The van der Waals surface area contributed by atoms with E-state index < -0.39 is 0 Å². The monoisotopic (exact) mass is 261 g/mol. The minimum atomic E-state index is -0.0139. The molecule has 0 aliphatic carbocycles. The van der Waals surface area contributed by atoms with E-state index in [0.717, 1.165) is 44.1 Å². The van der Waals surface area contributed by atoms with Crippen molar-refractivity contribution >= 4 is 17.3 Å². The van der Waals surface area contributed by atoms with Crippen molar-refractivity contribution in [2.45, 2.75) is 6.42 Å². The average Bonchev–Trinajstić information content (AvgIpc) is 2.97. The number of ether oxygens (including phenoxy) is 1. The molecule has 1 aromatic carbocycles. The molecule has 1 saturated heterocycles. The first-order valence-electron chi connectivity index (χ1n) is 6.81. The van der Waals surface area contributed by atoms with Crippen LogP contribution in [0.25, 0.3) is 0 Å². The lowest BCUT2D eigenvalue weighted by Gasteiger charge is -2.22. The predicted molar refractivity (Wildman–Crippen MR) is 74.7 cm³/mol. The Bertz CT molecular complexity index is 470. The van der Waals surface area contributed by atoms with Gasteiger partial charge in [0.05, 0.1) is 23.5 Å². The molecule has 1 atom stereocenters. The summed E-state index contributed by atoms with van der Waals surface area (Å²) in [6, 6.07) is 5.76. The van der Waals surface area contributed by atoms with E-state index in [1.165, 1.54) is 0 Å². The maximum absolute atomic E-state index is 12.3. The molecule has 3 rings (SSSR count). The Morgan fingerprint density at radius 3 is 3.11 bits per heavy atom. The van der Waals surface area contributed by atoms with Gasteiger partial charge >= 0.3 is 0 Å². The number of hydrogen-bond donors (Lipinski definition) is 3. The summed E-state index contributed by atoms with van der Waals surface area (Å²) in [5, 5.41) is 9.59. The predicted octanol–water partition coefficient (Wildman–Crippen LogP) is 1.29. The van der Waals surface area contributed by atoms with Crippen LogP contribution in [-0.2, 0) is 4.74 Å². The second-order valence-electron chi connectivity index (χ2n) is 5.02. The molecule has 2 heterocycles. The molecule has 102 valence electrons. The number of rotatable bonds is 3. The number of amides is 1. The number of para-hydroxylation sites is 1. The Kier molecular flexibility index (Phi) is 3.55. The number of nitrogens with one attached hydrogen (secondary N) is 3. The van der Waals surface area contributed by atoms with Gasteiger partial charge in [-0.25, -0.2) is 0 Å². The number of hydrogen-bond acceptors (Lipinski definition) is 4. The molecular formula is C14H19N3O2. The Balaban J connectivity index is 1.68. The molecule has 19 heavy (non-hydrogen) atoms. The minimum absolute atomic E-state index is 0.0139. The number of carbonyl (C=O) groups is 1. The highest BCUT2D eigenvalue weighted by molar-refractivity contribution is 6.02. The lowest BCUT2D eigenvalue weighted by molar-refractivity contribution is 0.0946. The summed E-state index contributed by atoms with van der Waals surface area (Å²) in [5.41, 5.74) is 2.63. The van der Waals surface area contributed by atoms with Crippen LogP contribution in [0.4, 0.5) is 11.4 Å². The number of fused-ring (bicyclic) bond motifs is 1. The SMILES string of the molecule is O=C(NCC1CCOC1)c1cccc2c1NCCN2. The van der Waals surface area contributed by atoms with Crippen molar-refractivity contribution in [2.24, 2.45) is 5.92 Å². The number of anilines is 2. The van der Waals surface area contributed by atoms with Gasteiger partial charge in [-0.1, -0.05) is 6.07 Å². The molecule has 0 aromatic heterocycles. The second kappa shape index (κ2) is 5.48. The average molecular weight is 261 g/mol. The van der Waals surface area contributed by atoms with Crippen molar-refractivity contribution < 1.29 is 9.53 Å². The van der Waals surface area contributed by atoms with Crippen molar-refractivity contribution in [3.8, 4) is 0 Å². The molecule has 1 fully saturated rings. The lowest BCUT2D eigenvalue weighted by atomic mass is 10.1. The van der Waals surface area contributed by atoms with E-state index in [1.54, 1.807) is 0 Å². The standard InChI is InChI=1S/C14H19N3O2/c18-14(17-8-10-4-7-19-9-10)11-2-1-3-12-13(11)16-6-5-15-12/h1-3,10,15-16H,4-9H2,(H,17,18). The molecule has 5 heteroatoms. The fourth-order valence-corrected chi connectivity index (χ4v) is 2.54. The maximum Gasteiger partial charge on any atom is 0.253 e. The normalized spacial score (nSPS) is 21.2. The van der Waals surface area contributed by atoms with Gasteiger partial charge in [0.2, 0.25) is 0 Å². The first-order chi connectivity index (χ1) is 9.34. The molecule has 1 amide bonds. The van der Waals surface area contributed by atoms with E-state index in [9.17, 15) is 4.79 Å². The molecule has 1 aromatic rings. The maximum atomic E-state index is 12.3. The summed E-state index contributed by atoms with van der Waals surface area (Å²) in [6.45, 7) is 3.99. The van der Waals surface area contributed by atoms with Gasteiger partial charge in [-0.3, -0.25) is 4.79 Å². The smallest absolute Gasteiger partial charge is 0.253 e. The summed E-state index contributed by atoms with van der Waals surface area (Å²) in [6.07, 6.45) is 1.03. The van der Waals surface area contributed by atoms with Crippen molar-refractivity contribution in [1.82, 2.24) is 5.32 Å². The zero-order valence-electron chi connectivity index (χ0n) is 10.9. The zero-order chi connectivity index (χ0) is 13.1. The Morgan fingerprint density at radius 2 is 2.26 bits per heavy atom. The molecule has 0 spiro atoms. The molecule has 2 aliphatic rings. The zero-order valence-corrected chi connectivity index (χ0v) is 10.9. The van der Waals surface area contributed by atoms with E-state index in [2.05, 4.69) is 16.0 Å². The summed E-state index contributed by atoms with van der Waals surface area (Å²) in [7, 11) is 0.